The molecule has 3 nitrogen and oxygen atoms in total. The molecular weight excluding hydrogens is 266 g/mol. The zero-order valence-corrected chi connectivity index (χ0v) is 12.3. The van der Waals surface area contributed by atoms with E-state index < -0.39 is 0 Å². The highest BCUT2D eigenvalue weighted by atomic mass is 32.1. The molecule has 2 N–H and O–H groups in total. The van der Waals surface area contributed by atoms with E-state index in [1.807, 2.05) is 25.1 Å². The summed E-state index contributed by atoms with van der Waals surface area (Å²) in [5, 5.41) is 9.11. The summed E-state index contributed by atoms with van der Waals surface area (Å²) in [7, 11) is 0. The van der Waals surface area contributed by atoms with Crippen molar-refractivity contribution in [3.63, 3.8) is 0 Å². The fourth-order valence-electron chi connectivity index (χ4n) is 2.36. The van der Waals surface area contributed by atoms with Crippen LogP contribution in [0.5, 0.6) is 0 Å². The Morgan fingerprint density at radius 3 is 2.55 bits per heavy atom. The molecule has 1 aliphatic heterocycles. The molecule has 0 aromatic heterocycles. The number of nitriles is 1. The van der Waals surface area contributed by atoms with E-state index in [2.05, 4.69) is 29.2 Å². The molecule has 4 heteroatoms. The van der Waals surface area contributed by atoms with Crippen LogP contribution in [0.25, 0.3) is 5.57 Å². The molecule has 1 aliphatic rings. The molecule has 0 amide bonds. The van der Waals surface area contributed by atoms with Crippen molar-refractivity contribution in [1.82, 2.24) is 4.90 Å². The molecule has 0 aliphatic carbocycles. The van der Waals surface area contributed by atoms with Crippen molar-refractivity contribution in [1.29, 1.82) is 5.26 Å². The van der Waals surface area contributed by atoms with E-state index in [9.17, 15) is 0 Å². The minimum atomic E-state index is 0.169. The zero-order valence-electron chi connectivity index (χ0n) is 11.5. The molecule has 0 fully saturated rings. The molecule has 1 aromatic rings. The number of nitrogens with zero attached hydrogens (tertiary/aromatic N) is 2. The minimum absolute atomic E-state index is 0.169. The normalized spacial score (nSPS) is 16.0. The quantitative estimate of drug-likeness (QED) is 0.526. The van der Waals surface area contributed by atoms with Crippen LogP contribution in [0.2, 0.25) is 0 Å². The van der Waals surface area contributed by atoms with Crippen LogP contribution in [0.4, 0.5) is 0 Å². The summed E-state index contributed by atoms with van der Waals surface area (Å²) in [5.41, 5.74) is 9.48. The summed E-state index contributed by atoms with van der Waals surface area (Å²) in [6.45, 7) is 3.56. The van der Waals surface area contributed by atoms with E-state index in [1.165, 1.54) is 11.1 Å². The van der Waals surface area contributed by atoms with E-state index in [0.717, 1.165) is 25.2 Å². The first-order chi connectivity index (χ1) is 9.63. The highest BCUT2D eigenvalue weighted by molar-refractivity contribution is 7.80. The summed E-state index contributed by atoms with van der Waals surface area (Å²) in [5.74, 6) is 0. The van der Waals surface area contributed by atoms with Crippen LogP contribution in [0.3, 0.4) is 0 Å². The van der Waals surface area contributed by atoms with Crippen LogP contribution in [0.1, 0.15) is 18.9 Å². The molecule has 20 heavy (non-hydrogen) atoms. The average molecular weight is 283 g/mol. The van der Waals surface area contributed by atoms with Gasteiger partial charge >= 0.3 is 0 Å². The highest BCUT2D eigenvalue weighted by Gasteiger charge is 2.16. The number of hydrogen-bond donors (Lipinski definition) is 1. The number of rotatable bonds is 3. The number of thiocarbonyl (C=S) groups is 1. The predicted molar refractivity (Wildman–Crippen MR) is 85.7 cm³/mol. The number of nitrogens with two attached hydrogens (primary N) is 1. The van der Waals surface area contributed by atoms with Gasteiger partial charge in [0.25, 0.3) is 0 Å². The van der Waals surface area contributed by atoms with Gasteiger partial charge in [-0.2, -0.15) is 5.26 Å². The van der Waals surface area contributed by atoms with Crippen molar-refractivity contribution in [3.8, 4) is 6.07 Å². The van der Waals surface area contributed by atoms with Crippen LogP contribution in [0, 0.1) is 11.3 Å². The first kappa shape index (κ1) is 14.3. The van der Waals surface area contributed by atoms with Gasteiger partial charge in [-0.05, 0) is 24.5 Å². The Bertz CT molecular complexity index is 608. The summed E-state index contributed by atoms with van der Waals surface area (Å²) in [4.78, 5) is 2.31. The molecule has 0 saturated heterocycles. The average Bonchev–Trinajstić information content (AvgIpc) is 2.48. The maximum Gasteiger partial charge on any atom is 0.116 e. The standard InChI is InChI=1S/C16H17N3S/c1-12(15(11-17)16(18)20)19-9-7-14(8-10-19)13-5-3-2-4-6-13/h2-7H,8-10H2,1H3,(H2,18,20)/b15-12-. The first-order valence-corrected chi connectivity index (χ1v) is 6.94. The summed E-state index contributed by atoms with van der Waals surface area (Å²) < 4.78 is 0. The number of hydrogen-bond acceptors (Lipinski definition) is 3. The number of benzene rings is 1. The van der Waals surface area contributed by atoms with Crippen molar-refractivity contribution in [3.05, 3.63) is 53.2 Å². The van der Waals surface area contributed by atoms with E-state index in [1.54, 1.807) is 0 Å². The Kier molecular flexibility index (Phi) is 4.54. The highest BCUT2D eigenvalue weighted by Crippen LogP contribution is 2.24. The Morgan fingerprint density at radius 2 is 2.05 bits per heavy atom. The van der Waals surface area contributed by atoms with Crippen molar-refractivity contribution in [2.24, 2.45) is 5.73 Å². The second kappa shape index (κ2) is 6.36. The van der Waals surface area contributed by atoms with Crippen LogP contribution in [-0.2, 0) is 0 Å². The smallest absolute Gasteiger partial charge is 0.116 e. The molecule has 1 aromatic carbocycles. The largest absolute Gasteiger partial charge is 0.389 e. The van der Waals surface area contributed by atoms with E-state index in [4.69, 9.17) is 23.2 Å². The fraction of sp³-hybridized carbons (Fsp3) is 0.250. The second-order valence-corrected chi connectivity index (χ2v) is 5.17. The molecule has 0 radical (unpaired) electrons. The van der Waals surface area contributed by atoms with E-state index >= 15 is 0 Å². The van der Waals surface area contributed by atoms with Crippen LogP contribution in [-0.4, -0.2) is 23.0 Å². The molecular formula is C16H17N3S. The fourth-order valence-corrected chi connectivity index (χ4v) is 2.55. The molecule has 0 atom stereocenters. The van der Waals surface area contributed by atoms with Crippen molar-refractivity contribution >= 4 is 22.8 Å². The van der Waals surface area contributed by atoms with Gasteiger partial charge in [-0.1, -0.05) is 48.6 Å². The van der Waals surface area contributed by atoms with Gasteiger partial charge in [-0.15, -0.1) is 0 Å². The summed E-state index contributed by atoms with van der Waals surface area (Å²) in [6.07, 6.45) is 3.16. The summed E-state index contributed by atoms with van der Waals surface area (Å²) in [6, 6.07) is 12.5. The molecule has 0 saturated carbocycles. The lowest BCUT2D eigenvalue weighted by Crippen LogP contribution is -2.29. The molecule has 0 bridgehead atoms. The third-order valence-electron chi connectivity index (χ3n) is 3.55. The third kappa shape index (κ3) is 3.06. The van der Waals surface area contributed by atoms with Crippen molar-refractivity contribution in [2.75, 3.05) is 13.1 Å². The SMILES string of the molecule is C/C(=C(\C#N)C(N)=S)N1CC=C(c2ccccc2)CC1. The Balaban J connectivity index is 2.17. The zero-order chi connectivity index (χ0) is 14.5. The van der Waals surface area contributed by atoms with Gasteiger partial charge in [0.2, 0.25) is 0 Å². The lowest BCUT2D eigenvalue weighted by Gasteiger charge is -2.29. The lowest BCUT2D eigenvalue weighted by molar-refractivity contribution is 0.378. The predicted octanol–water partition coefficient (Wildman–Crippen LogP) is 2.86. The maximum absolute atomic E-state index is 9.11. The van der Waals surface area contributed by atoms with Crippen molar-refractivity contribution in [2.45, 2.75) is 13.3 Å². The van der Waals surface area contributed by atoms with Crippen LogP contribution in [0.15, 0.2) is 47.7 Å². The second-order valence-electron chi connectivity index (χ2n) is 4.73. The van der Waals surface area contributed by atoms with Gasteiger partial charge in [-0.25, -0.2) is 0 Å². The van der Waals surface area contributed by atoms with Crippen molar-refractivity contribution < 1.29 is 0 Å². The number of allylic oxidation sites excluding steroid dienone is 1. The molecule has 0 unspecified atom stereocenters. The van der Waals surface area contributed by atoms with Gasteiger partial charge in [0.1, 0.15) is 16.6 Å². The summed E-state index contributed by atoms with van der Waals surface area (Å²) >= 11 is 4.92. The van der Waals surface area contributed by atoms with E-state index in [0.29, 0.717) is 5.57 Å². The minimum Gasteiger partial charge on any atom is -0.389 e. The Hall–Kier alpha value is -2.12. The van der Waals surface area contributed by atoms with Gasteiger partial charge in [0.05, 0.1) is 0 Å². The lowest BCUT2D eigenvalue weighted by atomic mass is 9.99. The topological polar surface area (TPSA) is 53.1 Å². The van der Waals surface area contributed by atoms with Crippen LogP contribution >= 0.6 is 12.2 Å². The molecule has 1 heterocycles. The Morgan fingerprint density at radius 1 is 1.35 bits per heavy atom. The van der Waals surface area contributed by atoms with Crippen LogP contribution < -0.4 is 5.73 Å². The third-order valence-corrected chi connectivity index (χ3v) is 3.75. The van der Waals surface area contributed by atoms with Gasteiger partial charge < -0.3 is 10.6 Å². The molecule has 0 spiro atoms. The first-order valence-electron chi connectivity index (χ1n) is 6.53. The van der Waals surface area contributed by atoms with Gasteiger partial charge in [0.15, 0.2) is 0 Å². The molecule has 2 rings (SSSR count). The van der Waals surface area contributed by atoms with Gasteiger partial charge in [0, 0.05) is 18.8 Å². The maximum atomic E-state index is 9.11. The monoisotopic (exact) mass is 283 g/mol. The molecule has 102 valence electrons. The Labute approximate surface area is 125 Å². The van der Waals surface area contributed by atoms with Gasteiger partial charge in [-0.3, -0.25) is 0 Å². The van der Waals surface area contributed by atoms with E-state index in [-0.39, 0.29) is 4.99 Å².